The number of halogens is 1. The minimum absolute atomic E-state index is 0.0629. The maximum Gasteiger partial charge on any atom is 0.379 e. The molecule has 0 fully saturated rings. The largest absolute Gasteiger partial charge is 0.442 e. The Morgan fingerprint density at radius 1 is 1.35 bits per heavy atom. The van der Waals surface area contributed by atoms with Gasteiger partial charge in [0, 0.05) is 12.1 Å². The highest BCUT2D eigenvalue weighted by molar-refractivity contribution is 9.10. The van der Waals surface area contributed by atoms with E-state index in [0.29, 0.717) is 11.0 Å². The average molecular weight is 340 g/mol. The molecule has 1 aromatic carbocycles. The van der Waals surface area contributed by atoms with Crippen LogP contribution < -0.4 is 4.74 Å². The van der Waals surface area contributed by atoms with Crippen molar-refractivity contribution >= 4 is 33.9 Å². The van der Waals surface area contributed by atoms with E-state index in [1.54, 1.807) is 0 Å². The van der Waals surface area contributed by atoms with E-state index in [2.05, 4.69) is 15.9 Å². The van der Waals surface area contributed by atoms with E-state index in [0.717, 1.165) is 12.1 Å². The highest BCUT2D eigenvalue weighted by Gasteiger charge is 2.17. The van der Waals surface area contributed by atoms with E-state index in [-0.39, 0.29) is 22.8 Å². The Kier molecular flexibility index (Phi) is 3.94. The molecule has 0 unspecified atom stereocenters. The molecule has 0 N–H and O–H groups in total. The minimum atomic E-state index is -0.812. The molecular weight excluding hydrogens is 334 g/mol. The number of nitro benzene ring substituents is 1. The van der Waals surface area contributed by atoms with Crippen LogP contribution >= 0.6 is 15.9 Å². The van der Waals surface area contributed by atoms with Crippen LogP contribution in [0.25, 0.3) is 0 Å². The van der Waals surface area contributed by atoms with E-state index in [9.17, 15) is 19.7 Å². The molecule has 0 saturated heterocycles. The highest BCUT2D eigenvalue weighted by atomic mass is 79.9. The smallest absolute Gasteiger partial charge is 0.379 e. The summed E-state index contributed by atoms with van der Waals surface area (Å²) in [6.45, 7) is 0. The van der Waals surface area contributed by atoms with Crippen LogP contribution in [-0.4, -0.2) is 17.2 Å². The van der Waals surface area contributed by atoms with Crippen LogP contribution in [0.1, 0.15) is 20.9 Å². The molecule has 0 aliphatic carbocycles. The van der Waals surface area contributed by atoms with E-state index in [1.165, 1.54) is 18.2 Å². The molecule has 0 amide bonds. The Hall–Kier alpha value is -2.48. The summed E-state index contributed by atoms with van der Waals surface area (Å²) < 4.78 is 10.3. The molecule has 0 radical (unpaired) electrons. The average Bonchev–Trinajstić information content (AvgIpc) is 2.85. The fraction of sp³-hybridized carbons (Fsp3) is 0. The number of carbonyl (C=O) groups excluding carboxylic acids is 2. The number of rotatable bonds is 4. The van der Waals surface area contributed by atoms with E-state index >= 15 is 0 Å². The topological polar surface area (TPSA) is 99.6 Å². The molecule has 0 atom stereocenters. The lowest BCUT2D eigenvalue weighted by Crippen LogP contribution is -2.09. The van der Waals surface area contributed by atoms with Crippen molar-refractivity contribution in [1.29, 1.82) is 0 Å². The van der Waals surface area contributed by atoms with Crippen LogP contribution in [0, 0.1) is 10.1 Å². The number of furan rings is 1. The lowest BCUT2D eigenvalue weighted by Gasteiger charge is -2.04. The summed E-state index contributed by atoms with van der Waals surface area (Å²) in [5.74, 6) is -0.956. The quantitative estimate of drug-likeness (QED) is 0.279. The SMILES string of the molecule is O=Cc1cc([N+](=O)[O-])ccc1OC(=O)c1ccc(Br)o1. The first-order chi connectivity index (χ1) is 9.51. The van der Waals surface area contributed by atoms with Crippen molar-refractivity contribution < 1.29 is 23.7 Å². The first-order valence-corrected chi connectivity index (χ1v) is 6.01. The zero-order valence-electron chi connectivity index (χ0n) is 9.74. The van der Waals surface area contributed by atoms with Crippen molar-refractivity contribution in [2.75, 3.05) is 0 Å². The molecule has 0 spiro atoms. The van der Waals surface area contributed by atoms with Crippen molar-refractivity contribution in [2.24, 2.45) is 0 Å². The fourth-order valence-corrected chi connectivity index (χ4v) is 1.72. The van der Waals surface area contributed by atoms with Gasteiger partial charge in [-0.25, -0.2) is 4.79 Å². The first kappa shape index (κ1) is 13.9. The molecule has 7 nitrogen and oxygen atoms in total. The van der Waals surface area contributed by atoms with Gasteiger partial charge < -0.3 is 9.15 Å². The van der Waals surface area contributed by atoms with Crippen LogP contribution in [-0.2, 0) is 0 Å². The predicted octanol–water partition coefficient (Wildman–Crippen LogP) is 2.98. The number of carbonyl (C=O) groups is 2. The van der Waals surface area contributed by atoms with E-state index in [1.807, 2.05) is 0 Å². The number of hydrogen-bond acceptors (Lipinski definition) is 6. The maximum absolute atomic E-state index is 11.7. The Morgan fingerprint density at radius 3 is 2.65 bits per heavy atom. The molecule has 0 aliphatic heterocycles. The molecule has 0 saturated carbocycles. The first-order valence-electron chi connectivity index (χ1n) is 5.22. The van der Waals surface area contributed by atoms with Gasteiger partial charge in [0.1, 0.15) is 5.75 Å². The highest BCUT2D eigenvalue weighted by Crippen LogP contribution is 2.24. The molecule has 2 aromatic rings. The van der Waals surface area contributed by atoms with Gasteiger partial charge in [0.15, 0.2) is 11.0 Å². The van der Waals surface area contributed by atoms with Gasteiger partial charge >= 0.3 is 5.97 Å². The normalized spacial score (nSPS) is 10.1. The van der Waals surface area contributed by atoms with E-state index in [4.69, 9.17) is 9.15 Å². The Labute approximate surface area is 120 Å². The minimum Gasteiger partial charge on any atom is -0.442 e. The summed E-state index contributed by atoms with van der Waals surface area (Å²) >= 11 is 3.03. The molecular formula is C12H6BrNO6. The van der Waals surface area contributed by atoms with Crippen molar-refractivity contribution in [3.63, 3.8) is 0 Å². The second kappa shape index (κ2) is 5.66. The standard InChI is InChI=1S/C12H6BrNO6/c13-11-4-3-10(19-11)12(16)20-9-2-1-8(14(17)18)5-7(9)6-15/h1-6H. The lowest BCUT2D eigenvalue weighted by atomic mass is 10.2. The van der Waals surface area contributed by atoms with Gasteiger partial charge in [0.2, 0.25) is 5.76 Å². The van der Waals surface area contributed by atoms with Crippen LogP contribution in [0.15, 0.2) is 39.4 Å². The fourth-order valence-electron chi connectivity index (χ4n) is 1.41. The number of aldehydes is 1. The number of non-ortho nitro benzene ring substituents is 1. The molecule has 1 heterocycles. The molecule has 0 bridgehead atoms. The number of hydrogen-bond donors (Lipinski definition) is 0. The maximum atomic E-state index is 11.7. The molecule has 2 rings (SSSR count). The van der Waals surface area contributed by atoms with Gasteiger partial charge in [-0.2, -0.15) is 0 Å². The number of nitro groups is 1. The summed E-state index contributed by atoms with van der Waals surface area (Å²) in [7, 11) is 0. The second-order valence-electron chi connectivity index (χ2n) is 3.59. The summed E-state index contributed by atoms with van der Waals surface area (Å²) in [6, 6.07) is 6.23. The second-order valence-corrected chi connectivity index (χ2v) is 4.37. The van der Waals surface area contributed by atoms with Crippen LogP contribution in [0.2, 0.25) is 0 Å². The van der Waals surface area contributed by atoms with Gasteiger partial charge in [0.05, 0.1) is 10.5 Å². The van der Waals surface area contributed by atoms with Crippen LogP contribution in [0.4, 0.5) is 5.69 Å². The van der Waals surface area contributed by atoms with Crippen molar-refractivity contribution in [3.8, 4) is 5.75 Å². The van der Waals surface area contributed by atoms with Gasteiger partial charge in [-0.3, -0.25) is 14.9 Å². The lowest BCUT2D eigenvalue weighted by molar-refractivity contribution is -0.384. The van der Waals surface area contributed by atoms with Crippen molar-refractivity contribution in [3.05, 3.63) is 56.4 Å². The number of benzene rings is 1. The monoisotopic (exact) mass is 339 g/mol. The van der Waals surface area contributed by atoms with Gasteiger partial charge in [-0.05, 0) is 34.1 Å². The van der Waals surface area contributed by atoms with Crippen molar-refractivity contribution in [1.82, 2.24) is 0 Å². The summed E-state index contributed by atoms with van der Waals surface area (Å²) in [5, 5.41) is 10.6. The zero-order valence-corrected chi connectivity index (χ0v) is 11.3. The van der Waals surface area contributed by atoms with E-state index < -0.39 is 10.9 Å². The summed E-state index contributed by atoms with van der Waals surface area (Å²) in [6.07, 6.45) is 0.369. The third-order valence-corrected chi connectivity index (χ3v) is 2.73. The Bertz CT molecular complexity index is 693. The molecule has 0 aliphatic rings. The third kappa shape index (κ3) is 2.91. The zero-order chi connectivity index (χ0) is 14.7. The molecule has 8 heteroatoms. The molecule has 20 heavy (non-hydrogen) atoms. The number of ether oxygens (including phenoxy) is 1. The molecule has 102 valence electrons. The summed E-state index contributed by atoms with van der Waals surface area (Å²) in [4.78, 5) is 32.5. The van der Waals surface area contributed by atoms with Crippen LogP contribution in [0.3, 0.4) is 0 Å². The third-order valence-electron chi connectivity index (χ3n) is 2.31. The van der Waals surface area contributed by atoms with Gasteiger partial charge in [0.25, 0.3) is 5.69 Å². The molecule has 1 aromatic heterocycles. The summed E-state index contributed by atoms with van der Waals surface area (Å²) in [5.41, 5.74) is -0.370. The van der Waals surface area contributed by atoms with Gasteiger partial charge in [-0.1, -0.05) is 0 Å². The Morgan fingerprint density at radius 2 is 2.10 bits per heavy atom. The van der Waals surface area contributed by atoms with Crippen molar-refractivity contribution in [2.45, 2.75) is 0 Å². The van der Waals surface area contributed by atoms with Gasteiger partial charge in [-0.15, -0.1) is 0 Å². The predicted molar refractivity (Wildman–Crippen MR) is 69.9 cm³/mol. The van der Waals surface area contributed by atoms with Crippen LogP contribution in [0.5, 0.6) is 5.75 Å². The number of esters is 1. The Balaban J connectivity index is 2.27. The number of nitrogens with zero attached hydrogens (tertiary/aromatic N) is 1.